The number of rotatable bonds is 3. The van der Waals surface area contributed by atoms with Crippen molar-refractivity contribution < 1.29 is 9.90 Å². The molecule has 2 aliphatic rings. The smallest absolute Gasteiger partial charge is 0.235 e. The Hall–Kier alpha value is -1.12. The van der Waals surface area contributed by atoms with Crippen molar-refractivity contribution >= 4 is 5.91 Å². The van der Waals surface area contributed by atoms with E-state index < -0.39 is 5.54 Å². The summed E-state index contributed by atoms with van der Waals surface area (Å²) in [7, 11) is 0. The zero-order valence-electron chi connectivity index (χ0n) is 9.98. The third-order valence-corrected chi connectivity index (χ3v) is 3.66. The summed E-state index contributed by atoms with van der Waals surface area (Å²) in [4.78, 5) is 13.8. The van der Waals surface area contributed by atoms with Crippen LogP contribution in [0.2, 0.25) is 0 Å². The molecule has 0 spiro atoms. The van der Waals surface area contributed by atoms with Gasteiger partial charge in [0.15, 0.2) is 0 Å². The lowest BCUT2D eigenvalue weighted by molar-refractivity contribution is -0.123. The van der Waals surface area contributed by atoms with Gasteiger partial charge in [0, 0.05) is 13.1 Å². The third-order valence-electron chi connectivity index (χ3n) is 3.66. The van der Waals surface area contributed by atoms with Crippen LogP contribution in [0, 0.1) is 11.3 Å². The van der Waals surface area contributed by atoms with Crippen molar-refractivity contribution in [3.8, 4) is 6.07 Å². The topological polar surface area (TPSA) is 76.4 Å². The second kappa shape index (κ2) is 5.03. The van der Waals surface area contributed by atoms with E-state index in [1.54, 1.807) is 0 Å². The number of carbonyl (C=O) groups excluding carboxylic acids is 1. The minimum atomic E-state index is -0.630. The summed E-state index contributed by atoms with van der Waals surface area (Å²) in [6.07, 6.45) is 3.97. The SMILES string of the molecule is N#CC1(NC(=O)CN2CCC(O)C2)CCCC1. The predicted molar refractivity (Wildman–Crippen MR) is 62.0 cm³/mol. The van der Waals surface area contributed by atoms with Crippen molar-refractivity contribution in [2.45, 2.75) is 43.7 Å². The van der Waals surface area contributed by atoms with Crippen LogP contribution in [0.5, 0.6) is 0 Å². The van der Waals surface area contributed by atoms with Crippen LogP contribution >= 0.6 is 0 Å². The van der Waals surface area contributed by atoms with Crippen LogP contribution in [0.4, 0.5) is 0 Å². The Morgan fingerprint density at radius 1 is 1.53 bits per heavy atom. The highest BCUT2D eigenvalue weighted by Gasteiger charge is 2.35. The minimum Gasteiger partial charge on any atom is -0.392 e. The van der Waals surface area contributed by atoms with Crippen LogP contribution in [0.3, 0.4) is 0 Å². The molecule has 1 saturated carbocycles. The highest BCUT2D eigenvalue weighted by molar-refractivity contribution is 5.79. The van der Waals surface area contributed by atoms with Crippen molar-refractivity contribution in [3.63, 3.8) is 0 Å². The zero-order chi connectivity index (χ0) is 12.3. The van der Waals surface area contributed by atoms with E-state index >= 15 is 0 Å². The van der Waals surface area contributed by atoms with E-state index in [0.29, 0.717) is 13.1 Å². The van der Waals surface area contributed by atoms with Gasteiger partial charge in [0.1, 0.15) is 5.54 Å². The van der Waals surface area contributed by atoms with Crippen LogP contribution in [0.1, 0.15) is 32.1 Å². The summed E-state index contributed by atoms with van der Waals surface area (Å²) in [6.45, 7) is 1.61. The summed E-state index contributed by atoms with van der Waals surface area (Å²) in [5.74, 6) is -0.0949. The molecule has 1 saturated heterocycles. The van der Waals surface area contributed by atoms with E-state index in [1.807, 2.05) is 4.90 Å². The molecule has 0 aromatic heterocycles. The van der Waals surface area contributed by atoms with Gasteiger partial charge in [-0.2, -0.15) is 5.26 Å². The number of nitrogens with zero attached hydrogens (tertiary/aromatic N) is 2. The Morgan fingerprint density at radius 3 is 2.76 bits per heavy atom. The maximum atomic E-state index is 11.8. The second-order valence-electron chi connectivity index (χ2n) is 5.13. The fourth-order valence-electron chi connectivity index (χ4n) is 2.71. The van der Waals surface area contributed by atoms with Crippen molar-refractivity contribution in [2.24, 2.45) is 0 Å². The third kappa shape index (κ3) is 2.96. The quantitative estimate of drug-likeness (QED) is 0.724. The number of carbonyl (C=O) groups is 1. The van der Waals surface area contributed by atoms with E-state index in [9.17, 15) is 9.90 Å². The average molecular weight is 237 g/mol. The molecule has 5 nitrogen and oxygen atoms in total. The van der Waals surface area contributed by atoms with Gasteiger partial charge in [0.2, 0.25) is 5.91 Å². The molecule has 1 amide bonds. The Bertz CT molecular complexity index is 331. The van der Waals surface area contributed by atoms with Gasteiger partial charge in [-0.3, -0.25) is 9.69 Å². The number of amides is 1. The monoisotopic (exact) mass is 237 g/mol. The summed E-state index contributed by atoms with van der Waals surface area (Å²) in [5.41, 5.74) is -0.630. The van der Waals surface area contributed by atoms with E-state index in [-0.39, 0.29) is 12.0 Å². The molecule has 1 unspecified atom stereocenters. The number of nitriles is 1. The molecule has 0 aromatic carbocycles. The molecule has 2 fully saturated rings. The number of likely N-dealkylation sites (tertiary alicyclic amines) is 1. The van der Waals surface area contributed by atoms with E-state index in [0.717, 1.165) is 38.6 Å². The Labute approximate surface area is 101 Å². The zero-order valence-corrected chi connectivity index (χ0v) is 9.98. The van der Waals surface area contributed by atoms with Crippen molar-refractivity contribution in [1.82, 2.24) is 10.2 Å². The number of β-amino-alcohol motifs (C(OH)–C–C–N with tert-alkyl or cyclic N) is 1. The first-order valence-electron chi connectivity index (χ1n) is 6.26. The molecule has 1 aliphatic carbocycles. The lowest BCUT2D eigenvalue weighted by Crippen LogP contribution is -2.48. The molecule has 0 radical (unpaired) electrons. The molecule has 5 heteroatoms. The molecular formula is C12H19N3O2. The predicted octanol–water partition coefficient (Wildman–Crippen LogP) is 0.00558. The molecular weight excluding hydrogens is 218 g/mol. The molecule has 94 valence electrons. The Morgan fingerprint density at radius 2 is 2.24 bits per heavy atom. The van der Waals surface area contributed by atoms with Gasteiger partial charge < -0.3 is 10.4 Å². The number of hydrogen-bond donors (Lipinski definition) is 2. The number of hydrogen-bond acceptors (Lipinski definition) is 4. The summed E-state index contributed by atoms with van der Waals surface area (Å²) < 4.78 is 0. The Kier molecular flexibility index (Phi) is 3.65. The van der Waals surface area contributed by atoms with Gasteiger partial charge in [-0.15, -0.1) is 0 Å². The number of aliphatic hydroxyl groups excluding tert-OH is 1. The molecule has 2 rings (SSSR count). The maximum Gasteiger partial charge on any atom is 0.235 e. The van der Waals surface area contributed by atoms with E-state index in [1.165, 1.54) is 0 Å². The van der Waals surface area contributed by atoms with E-state index in [2.05, 4.69) is 11.4 Å². The lowest BCUT2D eigenvalue weighted by Gasteiger charge is -2.23. The van der Waals surface area contributed by atoms with Crippen LogP contribution in [0.15, 0.2) is 0 Å². The highest BCUT2D eigenvalue weighted by Crippen LogP contribution is 2.28. The highest BCUT2D eigenvalue weighted by atomic mass is 16.3. The molecule has 17 heavy (non-hydrogen) atoms. The first-order valence-corrected chi connectivity index (χ1v) is 6.26. The molecule has 1 atom stereocenters. The van der Waals surface area contributed by atoms with Crippen LogP contribution in [0.25, 0.3) is 0 Å². The van der Waals surface area contributed by atoms with Gasteiger partial charge in [-0.05, 0) is 32.1 Å². The van der Waals surface area contributed by atoms with Gasteiger partial charge in [-0.25, -0.2) is 0 Å². The van der Waals surface area contributed by atoms with Crippen molar-refractivity contribution in [3.05, 3.63) is 0 Å². The summed E-state index contributed by atoms with van der Waals surface area (Å²) in [5, 5.41) is 21.4. The summed E-state index contributed by atoms with van der Waals surface area (Å²) >= 11 is 0. The van der Waals surface area contributed by atoms with Crippen LogP contribution < -0.4 is 5.32 Å². The fourth-order valence-corrected chi connectivity index (χ4v) is 2.71. The maximum absolute atomic E-state index is 11.8. The van der Waals surface area contributed by atoms with Gasteiger partial charge in [-0.1, -0.05) is 0 Å². The number of aliphatic hydroxyl groups is 1. The fraction of sp³-hybridized carbons (Fsp3) is 0.833. The molecule has 0 bridgehead atoms. The Balaban J connectivity index is 1.83. The average Bonchev–Trinajstić information content (AvgIpc) is 2.89. The van der Waals surface area contributed by atoms with Gasteiger partial charge in [0.25, 0.3) is 0 Å². The standard InChI is InChI=1S/C12H19N3O2/c13-9-12(4-1-2-5-12)14-11(17)8-15-6-3-10(16)7-15/h10,16H,1-8H2,(H,14,17). The second-order valence-corrected chi connectivity index (χ2v) is 5.13. The van der Waals surface area contributed by atoms with Gasteiger partial charge >= 0.3 is 0 Å². The van der Waals surface area contributed by atoms with Gasteiger partial charge in [0.05, 0.1) is 18.7 Å². The molecule has 1 aliphatic heterocycles. The normalized spacial score (nSPS) is 27.9. The molecule has 2 N–H and O–H groups in total. The first-order chi connectivity index (χ1) is 8.13. The van der Waals surface area contributed by atoms with Crippen molar-refractivity contribution in [2.75, 3.05) is 19.6 Å². The largest absolute Gasteiger partial charge is 0.392 e. The summed E-state index contributed by atoms with van der Waals surface area (Å²) in [6, 6.07) is 2.24. The molecule has 1 heterocycles. The van der Waals surface area contributed by atoms with Crippen LogP contribution in [-0.4, -0.2) is 47.2 Å². The lowest BCUT2D eigenvalue weighted by atomic mass is 10.00. The minimum absolute atomic E-state index is 0.0949. The van der Waals surface area contributed by atoms with Crippen LogP contribution in [-0.2, 0) is 4.79 Å². The molecule has 0 aromatic rings. The van der Waals surface area contributed by atoms with Crippen molar-refractivity contribution in [1.29, 1.82) is 5.26 Å². The first kappa shape index (κ1) is 12.3. The number of nitrogens with one attached hydrogen (secondary N) is 1. The van der Waals surface area contributed by atoms with E-state index in [4.69, 9.17) is 5.26 Å².